The zero-order valence-corrected chi connectivity index (χ0v) is 9.15. The van der Waals surface area contributed by atoms with Crippen LogP contribution in [0.5, 0.6) is 0 Å². The maximum Gasteiger partial charge on any atom is 0.129 e. The van der Waals surface area contributed by atoms with E-state index in [1.807, 2.05) is 12.3 Å². The van der Waals surface area contributed by atoms with Gasteiger partial charge in [-0.05, 0) is 24.1 Å². The van der Waals surface area contributed by atoms with Gasteiger partial charge in [0.2, 0.25) is 0 Å². The molecule has 3 rings (SSSR count). The quantitative estimate of drug-likeness (QED) is 0.717. The van der Waals surface area contributed by atoms with Crippen LogP contribution in [0, 0.1) is 0 Å². The standard InChI is InChI=1S/C11H13ClN2O/c12-5-8-1-2-13-11(3-8)14-6-10-4-9(14)7-15-10/h1-3,9-10H,4-7H2. The average molecular weight is 225 g/mol. The molecule has 0 amide bonds. The van der Waals surface area contributed by atoms with Gasteiger partial charge in [-0.3, -0.25) is 0 Å². The fraction of sp³-hybridized carbons (Fsp3) is 0.545. The van der Waals surface area contributed by atoms with Crippen LogP contribution in [0.4, 0.5) is 5.82 Å². The minimum Gasteiger partial charge on any atom is -0.374 e. The molecule has 2 atom stereocenters. The summed E-state index contributed by atoms with van der Waals surface area (Å²) in [6, 6.07) is 4.56. The smallest absolute Gasteiger partial charge is 0.129 e. The van der Waals surface area contributed by atoms with E-state index in [4.69, 9.17) is 16.3 Å². The van der Waals surface area contributed by atoms with Crippen molar-refractivity contribution in [3.05, 3.63) is 23.9 Å². The molecule has 0 saturated carbocycles. The lowest BCUT2D eigenvalue weighted by Gasteiger charge is -2.28. The highest BCUT2D eigenvalue weighted by Gasteiger charge is 2.39. The Hall–Kier alpha value is -0.800. The van der Waals surface area contributed by atoms with Gasteiger partial charge >= 0.3 is 0 Å². The summed E-state index contributed by atoms with van der Waals surface area (Å²) >= 11 is 5.81. The van der Waals surface area contributed by atoms with Gasteiger partial charge in [0.15, 0.2) is 0 Å². The Morgan fingerprint density at radius 1 is 1.60 bits per heavy atom. The van der Waals surface area contributed by atoms with E-state index in [9.17, 15) is 0 Å². The number of ether oxygens (including phenoxy) is 1. The van der Waals surface area contributed by atoms with E-state index >= 15 is 0 Å². The van der Waals surface area contributed by atoms with Crippen LogP contribution in [0.1, 0.15) is 12.0 Å². The molecule has 2 saturated heterocycles. The molecule has 2 bridgehead atoms. The molecule has 80 valence electrons. The van der Waals surface area contributed by atoms with Crippen LogP contribution in [0.2, 0.25) is 0 Å². The first-order valence-corrected chi connectivity index (χ1v) is 5.79. The van der Waals surface area contributed by atoms with Gasteiger partial charge in [0.25, 0.3) is 0 Å². The molecule has 2 aliphatic heterocycles. The molecule has 2 aliphatic rings. The lowest BCUT2D eigenvalue weighted by molar-refractivity contribution is 0.0989. The molecule has 15 heavy (non-hydrogen) atoms. The fourth-order valence-corrected chi connectivity index (χ4v) is 2.55. The number of fused-ring (bicyclic) bond motifs is 2. The second-order valence-electron chi connectivity index (χ2n) is 4.15. The Labute approximate surface area is 94.0 Å². The Morgan fingerprint density at radius 2 is 2.53 bits per heavy atom. The highest BCUT2D eigenvalue weighted by atomic mass is 35.5. The number of hydrogen-bond donors (Lipinski definition) is 0. The summed E-state index contributed by atoms with van der Waals surface area (Å²) in [5.74, 6) is 1.59. The van der Waals surface area contributed by atoms with Crippen molar-refractivity contribution in [3.8, 4) is 0 Å². The lowest BCUT2D eigenvalue weighted by atomic mass is 10.2. The van der Waals surface area contributed by atoms with Gasteiger partial charge in [-0.25, -0.2) is 4.98 Å². The summed E-state index contributed by atoms with van der Waals surface area (Å²) in [5.41, 5.74) is 1.13. The van der Waals surface area contributed by atoms with Crippen LogP contribution in [-0.4, -0.2) is 30.3 Å². The number of alkyl halides is 1. The Kier molecular flexibility index (Phi) is 2.29. The van der Waals surface area contributed by atoms with Crippen LogP contribution in [-0.2, 0) is 10.6 Å². The molecule has 0 N–H and O–H groups in total. The minimum absolute atomic E-state index is 0.413. The van der Waals surface area contributed by atoms with E-state index in [1.54, 1.807) is 0 Å². The SMILES string of the molecule is ClCc1ccnc(N2CC3CC2CO3)c1. The third-order valence-electron chi connectivity index (χ3n) is 3.16. The molecule has 3 heterocycles. The molecular formula is C11H13ClN2O. The summed E-state index contributed by atoms with van der Waals surface area (Å²) in [5, 5.41) is 0. The van der Waals surface area contributed by atoms with Crippen molar-refractivity contribution in [1.29, 1.82) is 0 Å². The van der Waals surface area contributed by atoms with Crippen LogP contribution in [0.15, 0.2) is 18.3 Å². The third kappa shape index (κ3) is 1.60. The number of halogens is 1. The van der Waals surface area contributed by atoms with Gasteiger partial charge in [-0.1, -0.05) is 0 Å². The predicted molar refractivity (Wildman–Crippen MR) is 59.3 cm³/mol. The molecule has 1 aromatic heterocycles. The largest absolute Gasteiger partial charge is 0.374 e. The molecule has 2 fully saturated rings. The van der Waals surface area contributed by atoms with Crippen molar-refractivity contribution in [2.24, 2.45) is 0 Å². The zero-order chi connectivity index (χ0) is 10.3. The number of rotatable bonds is 2. The number of aromatic nitrogens is 1. The predicted octanol–water partition coefficient (Wildman–Crippen LogP) is 1.80. The monoisotopic (exact) mass is 224 g/mol. The molecule has 0 spiro atoms. The fourth-order valence-electron chi connectivity index (χ4n) is 2.38. The van der Waals surface area contributed by atoms with E-state index in [2.05, 4.69) is 16.0 Å². The third-order valence-corrected chi connectivity index (χ3v) is 3.47. The highest BCUT2D eigenvalue weighted by molar-refractivity contribution is 6.17. The summed E-state index contributed by atoms with van der Waals surface area (Å²) in [4.78, 5) is 6.74. The summed E-state index contributed by atoms with van der Waals surface area (Å²) in [6.45, 7) is 1.82. The molecule has 2 unspecified atom stereocenters. The van der Waals surface area contributed by atoms with Crippen molar-refractivity contribution < 1.29 is 4.74 Å². The van der Waals surface area contributed by atoms with E-state index < -0.39 is 0 Å². The summed E-state index contributed by atoms with van der Waals surface area (Å²) in [7, 11) is 0. The van der Waals surface area contributed by atoms with Gasteiger partial charge in [0, 0.05) is 18.6 Å². The lowest BCUT2D eigenvalue weighted by Crippen LogP contribution is -2.37. The first-order valence-electron chi connectivity index (χ1n) is 5.26. The van der Waals surface area contributed by atoms with Gasteiger partial charge in [0.1, 0.15) is 5.82 Å². The van der Waals surface area contributed by atoms with Gasteiger partial charge in [-0.15, -0.1) is 11.6 Å². The number of hydrogen-bond acceptors (Lipinski definition) is 3. The first kappa shape index (κ1) is 9.43. The summed E-state index contributed by atoms with van der Waals surface area (Å²) < 4.78 is 5.56. The van der Waals surface area contributed by atoms with Crippen molar-refractivity contribution in [3.63, 3.8) is 0 Å². The van der Waals surface area contributed by atoms with E-state index in [0.717, 1.165) is 31.0 Å². The van der Waals surface area contributed by atoms with E-state index in [-0.39, 0.29) is 0 Å². The maximum absolute atomic E-state index is 5.81. The van der Waals surface area contributed by atoms with Crippen molar-refractivity contribution in [2.75, 3.05) is 18.1 Å². The van der Waals surface area contributed by atoms with E-state index in [0.29, 0.717) is 18.0 Å². The van der Waals surface area contributed by atoms with Crippen molar-refractivity contribution in [1.82, 2.24) is 4.98 Å². The number of morpholine rings is 1. The van der Waals surface area contributed by atoms with Crippen molar-refractivity contribution in [2.45, 2.75) is 24.4 Å². The number of nitrogens with zero attached hydrogens (tertiary/aromatic N) is 2. The molecular weight excluding hydrogens is 212 g/mol. The highest BCUT2D eigenvalue weighted by Crippen LogP contribution is 2.31. The van der Waals surface area contributed by atoms with Gasteiger partial charge < -0.3 is 9.64 Å². The topological polar surface area (TPSA) is 25.4 Å². The number of pyridine rings is 1. The Bertz CT molecular complexity index is 371. The second kappa shape index (κ2) is 3.65. The van der Waals surface area contributed by atoms with Crippen LogP contribution in [0.25, 0.3) is 0 Å². The Morgan fingerprint density at radius 3 is 3.20 bits per heavy atom. The molecule has 3 nitrogen and oxygen atoms in total. The van der Waals surface area contributed by atoms with Crippen LogP contribution in [0.3, 0.4) is 0 Å². The molecule has 4 heteroatoms. The summed E-state index contributed by atoms with van der Waals surface area (Å²) in [6.07, 6.45) is 3.39. The van der Waals surface area contributed by atoms with Crippen molar-refractivity contribution >= 4 is 17.4 Å². The molecule has 1 aromatic rings. The maximum atomic E-state index is 5.81. The second-order valence-corrected chi connectivity index (χ2v) is 4.42. The Balaban J connectivity index is 1.86. The van der Waals surface area contributed by atoms with Crippen LogP contribution >= 0.6 is 11.6 Å². The van der Waals surface area contributed by atoms with Crippen LogP contribution < -0.4 is 4.90 Å². The molecule has 0 aromatic carbocycles. The molecule has 0 aliphatic carbocycles. The van der Waals surface area contributed by atoms with E-state index in [1.165, 1.54) is 0 Å². The average Bonchev–Trinajstić information content (AvgIpc) is 2.91. The normalized spacial score (nSPS) is 28.7. The number of anilines is 1. The minimum atomic E-state index is 0.413. The zero-order valence-electron chi connectivity index (χ0n) is 8.40. The van der Waals surface area contributed by atoms with Gasteiger partial charge in [-0.2, -0.15) is 0 Å². The first-order chi connectivity index (χ1) is 7.36. The molecule has 0 radical (unpaired) electrons. The van der Waals surface area contributed by atoms with Gasteiger partial charge in [0.05, 0.1) is 18.8 Å².